The summed E-state index contributed by atoms with van der Waals surface area (Å²) in [7, 11) is 2.20. The molecule has 82 valence electrons. The molecule has 2 heterocycles. The number of thioether (sulfide) groups is 1. The molecule has 2 aliphatic heterocycles. The van der Waals surface area contributed by atoms with Gasteiger partial charge in [0.15, 0.2) is 0 Å². The van der Waals surface area contributed by atoms with Crippen LogP contribution < -0.4 is 5.73 Å². The van der Waals surface area contributed by atoms with Crippen molar-refractivity contribution in [2.45, 2.75) is 12.0 Å². The van der Waals surface area contributed by atoms with E-state index in [9.17, 15) is 0 Å². The van der Waals surface area contributed by atoms with Crippen LogP contribution in [-0.4, -0.2) is 66.6 Å². The molecule has 0 aromatic rings. The van der Waals surface area contributed by atoms with Crippen LogP contribution in [0.1, 0.15) is 6.42 Å². The summed E-state index contributed by atoms with van der Waals surface area (Å²) in [4.78, 5) is 5.04. The van der Waals surface area contributed by atoms with E-state index in [4.69, 9.17) is 5.73 Å². The third kappa shape index (κ3) is 1.94. The lowest BCUT2D eigenvalue weighted by Crippen LogP contribution is -2.59. The van der Waals surface area contributed by atoms with Gasteiger partial charge in [0.2, 0.25) is 0 Å². The molecule has 2 N–H and O–H groups in total. The lowest BCUT2D eigenvalue weighted by molar-refractivity contribution is 0.0605. The quantitative estimate of drug-likeness (QED) is 0.706. The van der Waals surface area contributed by atoms with Crippen molar-refractivity contribution in [2.75, 3.05) is 51.3 Å². The van der Waals surface area contributed by atoms with Crippen LogP contribution in [-0.2, 0) is 0 Å². The molecule has 2 aliphatic rings. The molecule has 1 unspecified atom stereocenters. The van der Waals surface area contributed by atoms with Gasteiger partial charge in [0, 0.05) is 44.0 Å². The molecule has 0 amide bonds. The van der Waals surface area contributed by atoms with Gasteiger partial charge in [-0.25, -0.2) is 0 Å². The predicted octanol–water partition coefficient (Wildman–Crippen LogP) is 0.0682. The molecule has 4 heteroatoms. The highest BCUT2D eigenvalue weighted by Gasteiger charge is 2.39. The maximum atomic E-state index is 5.97. The number of nitrogens with two attached hydrogens (primary N) is 1. The van der Waals surface area contributed by atoms with Gasteiger partial charge in [-0.15, -0.1) is 0 Å². The van der Waals surface area contributed by atoms with E-state index in [0.717, 1.165) is 6.54 Å². The van der Waals surface area contributed by atoms with E-state index in [1.54, 1.807) is 0 Å². The van der Waals surface area contributed by atoms with Crippen molar-refractivity contribution in [3.63, 3.8) is 0 Å². The third-order valence-corrected chi connectivity index (χ3v) is 4.87. The Bertz CT molecular complexity index is 184. The van der Waals surface area contributed by atoms with Crippen LogP contribution in [0.25, 0.3) is 0 Å². The van der Waals surface area contributed by atoms with Crippen molar-refractivity contribution >= 4 is 11.8 Å². The minimum absolute atomic E-state index is 0.339. The second kappa shape index (κ2) is 4.39. The zero-order valence-electron chi connectivity index (χ0n) is 9.04. The summed E-state index contributed by atoms with van der Waals surface area (Å²) in [6.45, 7) is 5.64. The number of piperazine rings is 1. The third-order valence-electron chi connectivity index (χ3n) is 3.64. The molecule has 0 aromatic carbocycles. The van der Waals surface area contributed by atoms with Gasteiger partial charge in [0.1, 0.15) is 0 Å². The van der Waals surface area contributed by atoms with Gasteiger partial charge in [-0.05, 0) is 19.2 Å². The van der Waals surface area contributed by atoms with Gasteiger partial charge >= 0.3 is 0 Å². The number of rotatable bonds is 2. The van der Waals surface area contributed by atoms with Gasteiger partial charge < -0.3 is 10.6 Å². The van der Waals surface area contributed by atoms with Crippen molar-refractivity contribution in [1.29, 1.82) is 0 Å². The Morgan fingerprint density at radius 3 is 2.50 bits per heavy atom. The van der Waals surface area contributed by atoms with Crippen molar-refractivity contribution in [2.24, 2.45) is 5.73 Å². The zero-order valence-corrected chi connectivity index (χ0v) is 9.85. The van der Waals surface area contributed by atoms with Crippen LogP contribution in [0.4, 0.5) is 0 Å². The molecule has 0 spiro atoms. The van der Waals surface area contributed by atoms with Crippen molar-refractivity contribution in [1.82, 2.24) is 9.80 Å². The van der Waals surface area contributed by atoms with Crippen LogP contribution in [0, 0.1) is 0 Å². The number of nitrogens with zero attached hydrogens (tertiary/aromatic N) is 2. The highest BCUT2D eigenvalue weighted by Crippen LogP contribution is 2.33. The fraction of sp³-hybridized carbons (Fsp3) is 1.00. The van der Waals surface area contributed by atoms with Crippen LogP contribution >= 0.6 is 11.8 Å². The summed E-state index contributed by atoms with van der Waals surface area (Å²) in [6, 6.07) is 0. The minimum Gasteiger partial charge on any atom is -0.329 e. The minimum atomic E-state index is 0.339. The van der Waals surface area contributed by atoms with Crippen LogP contribution in [0.3, 0.4) is 0 Å². The fourth-order valence-corrected chi connectivity index (χ4v) is 3.91. The lowest BCUT2D eigenvalue weighted by atomic mass is 9.95. The molecule has 14 heavy (non-hydrogen) atoms. The molecule has 0 aromatic heterocycles. The molecule has 0 saturated carbocycles. The Balaban J connectivity index is 1.98. The topological polar surface area (TPSA) is 32.5 Å². The number of hydrogen-bond acceptors (Lipinski definition) is 4. The maximum Gasteiger partial charge on any atom is 0.0430 e. The van der Waals surface area contributed by atoms with E-state index < -0.39 is 0 Å². The zero-order chi connectivity index (χ0) is 10.0. The molecule has 2 saturated heterocycles. The Morgan fingerprint density at radius 2 is 2.00 bits per heavy atom. The summed E-state index contributed by atoms with van der Waals surface area (Å²) in [5.74, 6) is 2.54. The van der Waals surface area contributed by atoms with E-state index in [2.05, 4.69) is 28.6 Å². The van der Waals surface area contributed by atoms with Gasteiger partial charge in [0.05, 0.1) is 0 Å². The van der Waals surface area contributed by atoms with Crippen LogP contribution in [0.2, 0.25) is 0 Å². The highest BCUT2D eigenvalue weighted by molar-refractivity contribution is 7.99. The van der Waals surface area contributed by atoms with Gasteiger partial charge in [0.25, 0.3) is 0 Å². The fourth-order valence-electron chi connectivity index (χ4n) is 2.42. The lowest BCUT2D eigenvalue weighted by Gasteiger charge is -2.44. The maximum absolute atomic E-state index is 5.97. The molecular formula is C10H21N3S. The van der Waals surface area contributed by atoms with E-state index >= 15 is 0 Å². The molecule has 0 radical (unpaired) electrons. The van der Waals surface area contributed by atoms with E-state index in [1.165, 1.54) is 44.1 Å². The summed E-state index contributed by atoms with van der Waals surface area (Å²) >= 11 is 2.06. The number of likely N-dealkylation sites (N-methyl/N-ethyl adjacent to an activating group) is 1. The molecular weight excluding hydrogens is 194 g/mol. The normalized spacial score (nSPS) is 36.4. The van der Waals surface area contributed by atoms with Crippen LogP contribution in [0.15, 0.2) is 0 Å². The van der Waals surface area contributed by atoms with Crippen molar-refractivity contribution in [3.8, 4) is 0 Å². The first-order valence-electron chi connectivity index (χ1n) is 5.48. The summed E-state index contributed by atoms with van der Waals surface area (Å²) in [5, 5.41) is 0. The first-order chi connectivity index (χ1) is 6.77. The second-order valence-electron chi connectivity index (χ2n) is 4.52. The summed E-state index contributed by atoms with van der Waals surface area (Å²) in [5.41, 5.74) is 6.30. The smallest absolute Gasteiger partial charge is 0.0430 e. The van der Waals surface area contributed by atoms with Gasteiger partial charge in [-0.2, -0.15) is 11.8 Å². The summed E-state index contributed by atoms with van der Waals surface area (Å²) in [6.07, 6.45) is 1.29. The average Bonchev–Trinajstić information content (AvgIpc) is 2.68. The van der Waals surface area contributed by atoms with Crippen molar-refractivity contribution in [3.05, 3.63) is 0 Å². The Hall–Kier alpha value is 0.230. The standard InChI is InChI=1S/C10H21N3S/c1-12-3-5-13(6-4-12)10(8-11)2-7-14-9-10/h2-9,11H2,1H3. The largest absolute Gasteiger partial charge is 0.329 e. The highest BCUT2D eigenvalue weighted by atomic mass is 32.2. The molecule has 0 aliphatic carbocycles. The average molecular weight is 215 g/mol. The van der Waals surface area contributed by atoms with Crippen LogP contribution in [0.5, 0.6) is 0 Å². The molecule has 1 atom stereocenters. The monoisotopic (exact) mass is 215 g/mol. The number of hydrogen-bond donors (Lipinski definition) is 1. The first kappa shape index (κ1) is 10.7. The van der Waals surface area contributed by atoms with E-state index in [1.807, 2.05) is 0 Å². The Morgan fingerprint density at radius 1 is 1.29 bits per heavy atom. The molecule has 2 fully saturated rings. The Labute approximate surface area is 91.0 Å². The Kier molecular flexibility index (Phi) is 3.37. The van der Waals surface area contributed by atoms with E-state index in [0.29, 0.717) is 5.54 Å². The predicted molar refractivity (Wildman–Crippen MR) is 62.8 cm³/mol. The second-order valence-corrected chi connectivity index (χ2v) is 5.63. The van der Waals surface area contributed by atoms with E-state index in [-0.39, 0.29) is 0 Å². The van der Waals surface area contributed by atoms with Gasteiger partial charge in [-0.3, -0.25) is 4.90 Å². The molecule has 3 nitrogen and oxygen atoms in total. The first-order valence-corrected chi connectivity index (χ1v) is 6.64. The van der Waals surface area contributed by atoms with Gasteiger partial charge in [-0.1, -0.05) is 0 Å². The molecule has 2 rings (SSSR count). The summed E-state index contributed by atoms with van der Waals surface area (Å²) < 4.78 is 0. The van der Waals surface area contributed by atoms with Crippen molar-refractivity contribution < 1.29 is 0 Å². The SMILES string of the molecule is CN1CCN(C2(CN)CCSC2)CC1. The molecule has 0 bridgehead atoms.